The third kappa shape index (κ3) is 3.53. The first-order valence-electron chi connectivity index (χ1n) is 5.66. The Morgan fingerprint density at radius 2 is 1.76 bits per heavy atom. The summed E-state index contributed by atoms with van der Waals surface area (Å²) in [5.74, 6) is 2.36. The van der Waals surface area contributed by atoms with Gasteiger partial charge in [0.05, 0.1) is 0 Å². The summed E-state index contributed by atoms with van der Waals surface area (Å²) in [5.41, 5.74) is 3.81. The first-order chi connectivity index (χ1) is 8.25. The lowest BCUT2D eigenvalue weighted by Crippen LogP contribution is -1.87. The third-order valence-corrected chi connectivity index (χ3v) is 3.75. The normalized spacial score (nSPS) is 10.4. The first kappa shape index (κ1) is 12.1. The molecule has 0 saturated carbocycles. The van der Waals surface area contributed by atoms with E-state index < -0.39 is 0 Å². The van der Waals surface area contributed by atoms with Crippen LogP contribution in [0.25, 0.3) is 0 Å². The Hall–Kier alpha value is -1.41. The highest BCUT2D eigenvalue weighted by molar-refractivity contribution is 7.97. The molecule has 1 N–H and O–H groups in total. The van der Waals surface area contributed by atoms with Crippen molar-refractivity contribution in [2.45, 2.75) is 18.4 Å². The zero-order chi connectivity index (χ0) is 12.1. The Morgan fingerprint density at radius 3 is 2.47 bits per heavy atom. The van der Waals surface area contributed by atoms with E-state index in [0.29, 0.717) is 5.75 Å². The second-order valence-electron chi connectivity index (χ2n) is 4.09. The van der Waals surface area contributed by atoms with Crippen LogP contribution in [0.2, 0.25) is 0 Å². The molecule has 0 fully saturated rings. The molecule has 0 bridgehead atoms. The number of aryl methyl sites for hydroxylation is 1. The van der Waals surface area contributed by atoms with E-state index in [2.05, 4.69) is 24.3 Å². The van der Waals surface area contributed by atoms with Gasteiger partial charge in [0.1, 0.15) is 5.75 Å². The molecule has 0 amide bonds. The van der Waals surface area contributed by atoms with Crippen molar-refractivity contribution in [3.8, 4) is 5.75 Å². The van der Waals surface area contributed by atoms with Gasteiger partial charge in [0.25, 0.3) is 0 Å². The molecule has 0 heterocycles. The first-order valence-corrected chi connectivity index (χ1v) is 6.81. The quantitative estimate of drug-likeness (QED) is 0.872. The summed E-state index contributed by atoms with van der Waals surface area (Å²) in [5, 5.41) is 9.33. The molecule has 0 aromatic heterocycles. The molecule has 17 heavy (non-hydrogen) atoms. The third-order valence-electron chi connectivity index (χ3n) is 2.70. The zero-order valence-electron chi connectivity index (χ0n) is 9.89. The number of benzene rings is 2. The minimum atomic E-state index is 0.347. The van der Waals surface area contributed by atoms with Crippen LogP contribution >= 0.6 is 11.8 Å². The topological polar surface area (TPSA) is 20.2 Å². The number of hydrogen-bond donors (Lipinski definition) is 1. The number of phenolic OH excluding ortho intramolecular Hbond substituents is 1. The van der Waals surface area contributed by atoms with Gasteiger partial charge in [-0.25, -0.2) is 0 Å². The highest BCUT2D eigenvalue weighted by atomic mass is 32.2. The fraction of sp³-hybridized carbons (Fsp3) is 0.200. The molecule has 88 valence electrons. The number of phenols is 1. The molecule has 1 nitrogen and oxygen atoms in total. The van der Waals surface area contributed by atoms with E-state index in [1.54, 1.807) is 6.07 Å². The van der Waals surface area contributed by atoms with Gasteiger partial charge >= 0.3 is 0 Å². The number of hydrogen-bond acceptors (Lipinski definition) is 2. The predicted molar refractivity (Wildman–Crippen MR) is 74.3 cm³/mol. The number of aromatic hydroxyl groups is 1. The summed E-state index contributed by atoms with van der Waals surface area (Å²) in [6, 6.07) is 16.1. The van der Waals surface area contributed by atoms with E-state index in [0.717, 1.165) is 17.1 Å². The van der Waals surface area contributed by atoms with Crippen molar-refractivity contribution in [3.63, 3.8) is 0 Å². The second kappa shape index (κ2) is 5.78. The van der Waals surface area contributed by atoms with Gasteiger partial charge in [0.15, 0.2) is 0 Å². The van der Waals surface area contributed by atoms with Crippen molar-refractivity contribution in [3.05, 3.63) is 65.2 Å². The molecule has 2 aromatic rings. The van der Waals surface area contributed by atoms with E-state index in [4.69, 9.17) is 0 Å². The van der Waals surface area contributed by atoms with Crippen LogP contribution in [0.15, 0.2) is 48.5 Å². The Kier molecular flexibility index (Phi) is 4.10. The molecule has 0 radical (unpaired) electrons. The summed E-state index contributed by atoms with van der Waals surface area (Å²) in [4.78, 5) is 0. The zero-order valence-corrected chi connectivity index (χ0v) is 10.7. The largest absolute Gasteiger partial charge is 0.508 e. The average molecular weight is 244 g/mol. The molecule has 0 atom stereocenters. The lowest BCUT2D eigenvalue weighted by Gasteiger charge is -2.06. The van der Waals surface area contributed by atoms with Gasteiger partial charge in [-0.05, 0) is 35.7 Å². The maximum absolute atomic E-state index is 9.33. The van der Waals surface area contributed by atoms with E-state index >= 15 is 0 Å². The molecular weight excluding hydrogens is 228 g/mol. The lowest BCUT2D eigenvalue weighted by molar-refractivity contribution is 0.474. The van der Waals surface area contributed by atoms with Gasteiger partial charge in [0.2, 0.25) is 0 Å². The van der Waals surface area contributed by atoms with Crippen molar-refractivity contribution >= 4 is 11.8 Å². The fourth-order valence-electron chi connectivity index (χ4n) is 1.70. The van der Waals surface area contributed by atoms with Gasteiger partial charge in [-0.2, -0.15) is 11.8 Å². The summed E-state index contributed by atoms with van der Waals surface area (Å²) in [7, 11) is 0. The Morgan fingerprint density at radius 1 is 1.00 bits per heavy atom. The van der Waals surface area contributed by atoms with Crippen molar-refractivity contribution in [2.75, 3.05) is 0 Å². The molecule has 2 heteroatoms. The summed E-state index contributed by atoms with van der Waals surface area (Å²) in [6.07, 6.45) is 0. The molecule has 0 spiro atoms. The maximum atomic E-state index is 9.33. The Labute approximate surface area is 107 Å². The Bertz CT molecular complexity index is 480. The van der Waals surface area contributed by atoms with E-state index in [1.165, 1.54) is 11.1 Å². The SMILES string of the molecule is Cc1cc(O)ccc1CSCc1ccccc1. The molecule has 0 aliphatic rings. The van der Waals surface area contributed by atoms with Crippen molar-refractivity contribution in [1.29, 1.82) is 0 Å². The standard InChI is InChI=1S/C15H16OS/c1-12-9-15(16)8-7-14(12)11-17-10-13-5-3-2-4-6-13/h2-9,16H,10-11H2,1H3. The smallest absolute Gasteiger partial charge is 0.115 e. The number of thioether (sulfide) groups is 1. The van der Waals surface area contributed by atoms with Crippen LogP contribution in [0, 0.1) is 6.92 Å². The summed E-state index contributed by atoms with van der Waals surface area (Å²) >= 11 is 1.90. The second-order valence-corrected chi connectivity index (χ2v) is 5.07. The van der Waals surface area contributed by atoms with Crippen LogP contribution < -0.4 is 0 Å². The minimum absolute atomic E-state index is 0.347. The van der Waals surface area contributed by atoms with E-state index in [-0.39, 0.29) is 0 Å². The monoisotopic (exact) mass is 244 g/mol. The molecule has 2 aromatic carbocycles. The van der Waals surface area contributed by atoms with Crippen LogP contribution in [0.3, 0.4) is 0 Å². The van der Waals surface area contributed by atoms with Gasteiger partial charge < -0.3 is 5.11 Å². The van der Waals surface area contributed by atoms with Gasteiger partial charge in [-0.3, -0.25) is 0 Å². The van der Waals surface area contributed by atoms with Crippen molar-refractivity contribution in [2.24, 2.45) is 0 Å². The predicted octanol–water partition coefficient (Wildman–Crippen LogP) is 4.13. The highest BCUT2D eigenvalue weighted by Crippen LogP contribution is 2.22. The molecule has 2 rings (SSSR count). The lowest BCUT2D eigenvalue weighted by atomic mass is 10.1. The van der Waals surface area contributed by atoms with Crippen molar-refractivity contribution in [1.82, 2.24) is 0 Å². The minimum Gasteiger partial charge on any atom is -0.508 e. The van der Waals surface area contributed by atoms with Crippen LogP contribution in [0.1, 0.15) is 16.7 Å². The Balaban J connectivity index is 1.90. The van der Waals surface area contributed by atoms with E-state index in [1.807, 2.05) is 36.9 Å². The molecule has 0 saturated heterocycles. The van der Waals surface area contributed by atoms with Crippen LogP contribution in [0.5, 0.6) is 5.75 Å². The van der Waals surface area contributed by atoms with Crippen LogP contribution in [-0.4, -0.2) is 5.11 Å². The van der Waals surface area contributed by atoms with Gasteiger partial charge in [0, 0.05) is 11.5 Å². The van der Waals surface area contributed by atoms with Crippen LogP contribution in [-0.2, 0) is 11.5 Å². The maximum Gasteiger partial charge on any atom is 0.115 e. The highest BCUT2D eigenvalue weighted by Gasteiger charge is 2.00. The molecule has 0 unspecified atom stereocenters. The summed E-state index contributed by atoms with van der Waals surface area (Å²) < 4.78 is 0. The number of rotatable bonds is 4. The molecular formula is C15H16OS. The van der Waals surface area contributed by atoms with Gasteiger partial charge in [-0.15, -0.1) is 0 Å². The average Bonchev–Trinajstić information content (AvgIpc) is 2.33. The van der Waals surface area contributed by atoms with E-state index in [9.17, 15) is 5.11 Å². The molecule has 0 aliphatic heterocycles. The molecule has 0 aliphatic carbocycles. The van der Waals surface area contributed by atoms with Crippen LogP contribution in [0.4, 0.5) is 0 Å². The fourth-order valence-corrected chi connectivity index (χ4v) is 2.77. The summed E-state index contributed by atoms with van der Waals surface area (Å²) in [6.45, 7) is 2.04. The van der Waals surface area contributed by atoms with Gasteiger partial charge in [-0.1, -0.05) is 36.4 Å². The van der Waals surface area contributed by atoms with Crippen molar-refractivity contribution < 1.29 is 5.11 Å².